The molecule has 2 aromatic rings. The minimum absolute atomic E-state index is 0.118. The monoisotopic (exact) mass is 345 g/mol. The molecule has 0 atom stereocenters. The Balaban J connectivity index is 1.91. The molecule has 5 heteroatoms. The van der Waals surface area contributed by atoms with E-state index in [1.165, 1.54) is 0 Å². The number of para-hydroxylation sites is 1. The van der Waals surface area contributed by atoms with Crippen molar-refractivity contribution in [2.24, 2.45) is 5.92 Å². The van der Waals surface area contributed by atoms with Crippen LogP contribution < -0.4 is 10.6 Å². The van der Waals surface area contributed by atoms with Crippen LogP contribution in [-0.4, -0.2) is 11.7 Å². The smallest absolute Gasteiger partial charge is 0.258 e. The molecule has 0 spiro atoms. The molecule has 1 aliphatic rings. The van der Waals surface area contributed by atoms with E-state index >= 15 is 0 Å². The highest BCUT2D eigenvalue weighted by molar-refractivity contribution is 6.13. The first-order valence-corrected chi connectivity index (χ1v) is 8.45. The van der Waals surface area contributed by atoms with Crippen LogP contribution in [0.1, 0.15) is 40.1 Å². The number of nitrogens with zero attached hydrogens (tertiary/aromatic N) is 1. The average Bonchev–Trinajstić information content (AvgIpc) is 2.62. The lowest BCUT2D eigenvalue weighted by atomic mass is 9.98. The standard InChI is InChI=1S/C21H19N3O2/c1-13(2)11-14-7-9-15(10-8-14)19(25)17(12-22)20-23-18-6-4-3-5-16(18)21(26)24-20/h3-10,13,23H,11H2,1-2H3,(H,24,26)/b20-17+. The van der Waals surface area contributed by atoms with Gasteiger partial charge in [-0.15, -0.1) is 0 Å². The molecule has 0 saturated heterocycles. The zero-order valence-electron chi connectivity index (χ0n) is 14.7. The fourth-order valence-corrected chi connectivity index (χ4v) is 2.89. The van der Waals surface area contributed by atoms with Gasteiger partial charge in [-0.1, -0.05) is 50.2 Å². The Bertz CT molecular complexity index is 934. The lowest BCUT2D eigenvalue weighted by molar-refractivity contribution is 0.0963. The maximum Gasteiger partial charge on any atom is 0.258 e. The van der Waals surface area contributed by atoms with Crippen LogP contribution in [0.3, 0.4) is 0 Å². The molecule has 5 nitrogen and oxygen atoms in total. The number of Topliss-reactive ketones (excluding diaryl/α,β-unsaturated/α-hetero) is 1. The number of nitrogens with one attached hydrogen (secondary N) is 2. The van der Waals surface area contributed by atoms with Crippen molar-refractivity contribution in [1.82, 2.24) is 5.32 Å². The van der Waals surface area contributed by atoms with Gasteiger partial charge in [0.1, 0.15) is 17.5 Å². The Hall–Kier alpha value is -3.39. The molecule has 0 unspecified atom stereocenters. The van der Waals surface area contributed by atoms with Crippen LogP contribution >= 0.6 is 0 Å². The van der Waals surface area contributed by atoms with Gasteiger partial charge in [-0.25, -0.2) is 0 Å². The molecule has 0 radical (unpaired) electrons. The van der Waals surface area contributed by atoms with Crippen molar-refractivity contribution in [3.63, 3.8) is 0 Å². The molecule has 0 fully saturated rings. The first-order valence-electron chi connectivity index (χ1n) is 8.45. The highest BCUT2D eigenvalue weighted by Crippen LogP contribution is 2.23. The number of ketones is 1. The number of allylic oxidation sites excluding steroid dienone is 1. The third-order valence-electron chi connectivity index (χ3n) is 4.12. The predicted octanol–water partition coefficient (Wildman–Crippen LogP) is 3.66. The van der Waals surface area contributed by atoms with E-state index in [4.69, 9.17) is 0 Å². The van der Waals surface area contributed by atoms with Crippen LogP contribution in [0.2, 0.25) is 0 Å². The number of nitriles is 1. The largest absolute Gasteiger partial charge is 0.340 e. The number of anilines is 1. The molecule has 3 rings (SSSR count). The van der Waals surface area contributed by atoms with E-state index in [-0.39, 0.29) is 17.3 Å². The SMILES string of the molecule is CC(C)Cc1ccc(C(=O)/C(C#N)=C2/NC(=O)c3ccccc3N2)cc1. The first-order chi connectivity index (χ1) is 12.5. The van der Waals surface area contributed by atoms with Crippen LogP contribution in [0.4, 0.5) is 5.69 Å². The van der Waals surface area contributed by atoms with E-state index in [9.17, 15) is 14.9 Å². The number of rotatable bonds is 4. The van der Waals surface area contributed by atoms with Crippen molar-refractivity contribution in [2.45, 2.75) is 20.3 Å². The summed E-state index contributed by atoms with van der Waals surface area (Å²) in [7, 11) is 0. The van der Waals surface area contributed by atoms with Gasteiger partial charge >= 0.3 is 0 Å². The van der Waals surface area contributed by atoms with Crippen LogP contribution in [0.15, 0.2) is 59.9 Å². The average molecular weight is 345 g/mol. The number of hydrogen-bond acceptors (Lipinski definition) is 4. The van der Waals surface area contributed by atoms with Crippen molar-refractivity contribution in [2.75, 3.05) is 5.32 Å². The van der Waals surface area contributed by atoms with E-state index in [2.05, 4.69) is 24.5 Å². The first kappa shape index (κ1) is 17.4. The fraction of sp³-hybridized carbons (Fsp3) is 0.190. The predicted molar refractivity (Wildman–Crippen MR) is 99.5 cm³/mol. The topological polar surface area (TPSA) is 82.0 Å². The zero-order chi connectivity index (χ0) is 18.7. The molecule has 26 heavy (non-hydrogen) atoms. The number of carbonyl (C=O) groups is 2. The van der Waals surface area contributed by atoms with Crippen molar-refractivity contribution < 1.29 is 9.59 Å². The van der Waals surface area contributed by atoms with Crippen LogP contribution in [0.5, 0.6) is 0 Å². The van der Waals surface area contributed by atoms with E-state index in [1.807, 2.05) is 18.2 Å². The van der Waals surface area contributed by atoms with E-state index in [1.54, 1.807) is 36.4 Å². The van der Waals surface area contributed by atoms with Crippen LogP contribution in [0.25, 0.3) is 0 Å². The maximum absolute atomic E-state index is 12.8. The van der Waals surface area contributed by atoms with Gasteiger partial charge in [0.15, 0.2) is 0 Å². The number of amides is 1. The van der Waals surface area contributed by atoms with Crippen LogP contribution in [-0.2, 0) is 6.42 Å². The Kier molecular flexibility index (Phi) is 4.85. The molecule has 0 saturated carbocycles. The van der Waals surface area contributed by atoms with Gasteiger partial charge in [-0.3, -0.25) is 9.59 Å². The molecule has 0 bridgehead atoms. The minimum atomic E-state index is -0.425. The van der Waals surface area contributed by atoms with Gasteiger partial charge in [0.2, 0.25) is 5.78 Å². The molecular formula is C21H19N3O2. The lowest BCUT2D eigenvalue weighted by Crippen LogP contribution is -2.34. The summed E-state index contributed by atoms with van der Waals surface area (Å²) in [6.07, 6.45) is 0.926. The Morgan fingerprint density at radius 3 is 2.42 bits per heavy atom. The number of hydrogen-bond donors (Lipinski definition) is 2. The quantitative estimate of drug-likeness (QED) is 0.503. The fourth-order valence-electron chi connectivity index (χ4n) is 2.89. The summed E-state index contributed by atoms with van der Waals surface area (Å²) in [6.45, 7) is 4.26. The number of benzene rings is 2. The van der Waals surface area contributed by atoms with Crippen molar-refractivity contribution in [3.8, 4) is 6.07 Å². The van der Waals surface area contributed by atoms with Gasteiger partial charge in [0.05, 0.1) is 11.3 Å². The molecular weight excluding hydrogens is 326 g/mol. The highest BCUT2D eigenvalue weighted by atomic mass is 16.2. The second-order valence-electron chi connectivity index (χ2n) is 6.61. The van der Waals surface area contributed by atoms with Gasteiger partial charge in [-0.2, -0.15) is 5.26 Å². The lowest BCUT2D eigenvalue weighted by Gasteiger charge is -2.22. The Morgan fingerprint density at radius 1 is 1.08 bits per heavy atom. The summed E-state index contributed by atoms with van der Waals surface area (Å²) in [5.41, 5.74) is 2.47. The maximum atomic E-state index is 12.8. The normalized spacial score (nSPS) is 14.8. The van der Waals surface area contributed by atoms with E-state index < -0.39 is 5.78 Å². The summed E-state index contributed by atoms with van der Waals surface area (Å²) in [4.78, 5) is 25.0. The molecule has 2 aromatic carbocycles. The molecule has 0 aliphatic carbocycles. The van der Waals surface area contributed by atoms with Crippen molar-refractivity contribution in [1.29, 1.82) is 5.26 Å². The van der Waals surface area contributed by atoms with Gasteiger partial charge in [-0.05, 0) is 30.0 Å². The summed E-state index contributed by atoms with van der Waals surface area (Å²) in [5, 5.41) is 15.1. The number of carbonyl (C=O) groups excluding carboxylic acids is 2. The molecule has 1 heterocycles. The summed E-state index contributed by atoms with van der Waals surface area (Å²) in [5.74, 6) is -0.129. The minimum Gasteiger partial charge on any atom is -0.340 e. The van der Waals surface area contributed by atoms with Crippen molar-refractivity contribution in [3.05, 3.63) is 76.6 Å². The summed E-state index contributed by atoms with van der Waals surface area (Å²) in [6, 6.07) is 16.1. The summed E-state index contributed by atoms with van der Waals surface area (Å²) >= 11 is 0. The van der Waals surface area contributed by atoms with Crippen molar-refractivity contribution >= 4 is 17.4 Å². The zero-order valence-corrected chi connectivity index (χ0v) is 14.7. The third kappa shape index (κ3) is 3.50. The van der Waals surface area contributed by atoms with Gasteiger partial charge in [0, 0.05) is 5.56 Å². The second kappa shape index (κ2) is 7.24. The molecule has 1 amide bonds. The molecule has 2 N–H and O–H groups in total. The van der Waals surface area contributed by atoms with E-state index in [0.29, 0.717) is 22.7 Å². The van der Waals surface area contributed by atoms with Gasteiger partial charge in [0.25, 0.3) is 5.91 Å². The second-order valence-corrected chi connectivity index (χ2v) is 6.61. The third-order valence-corrected chi connectivity index (χ3v) is 4.12. The molecule has 0 aromatic heterocycles. The Morgan fingerprint density at radius 2 is 1.77 bits per heavy atom. The Labute approximate surface area is 152 Å². The van der Waals surface area contributed by atoms with Gasteiger partial charge < -0.3 is 10.6 Å². The highest BCUT2D eigenvalue weighted by Gasteiger charge is 2.25. The number of fused-ring (bicyclic) bond motifs is 1. The van der Waals surface area contributed by atoms with E-state index in [0.717, 1.165) is 12.0 Å². The molecule has 1 aliphatic heterocycles. The van der Waals surface area contributed by atoms with Crippen LogP contribution in [0, 0.1) is 17.2 Å². The molecule has 130 valence electrons. The summed E-state index contributed by atoms with van der Waals surface area (Å²) < 4.78 is 0.